The molecule has 0 spiro atoms. The van der Waals surface area contributed by atoms with Crippen LogP contribution in [0.3, 0.4) is 0 Å². The molecular weight excluding hydrogens is 198 g/mol. The van der Waals surface area contributed by atoms with Crippen molar-refractivity contribution < 1.29 is 23.2 Å². The van der Waals surface area contributed by atoms with Crippen LogP contribution in [-0.2, 0) is 10.1 Å². The molecule has 7 heteroatoms. The quantitative estimate of drug-likeness (QED) is 0.416. The van der Waals surface area contributed by atoms with Crippen molar-refractivity contribution in [1.82, 2.24) is 5.32 Å². The van der Waals surface area contributed by atoms with Gasteiger partial charge in [0.1, 0.15) is 5.37 Å². The minimum Gasteiger partial charge on any atom is -0.395 e. The van der Waals surface area contributed by atoms with Crippen LogP contribution in [0.15, 0.2) is 0 Å². The summed E-state index contributed by atoms with van der Waals surface area (Å²) in [5.41, 5.74) is 0. The van der Waals surface area contributed by atoms with Gasteiger partial charge in [-0.2, -0.15) is 8.42 Å². The Labute approximate surface area is 77.3 Å². The van der Waals surface area contributed by atoms with Gasteiger partial charge in [-0.05, 0) is 13.8 Å². The summed E-state index contributed by atoms with van der Waals surface area (Å²) in [4.78, 5) is 0. The van der Waals surface area contributed by atoms with Crippen molar-refractivity contribution in [2.24, 2.45) is 0 Å². The molecular formula is C6H15NO5S. The largest absolute Gasteiger partial charge is 0.395 e. The summed E-state index contributed by atoms with van der Waals surface area (Å²) in [6.45, 7) is 2.22. The number of aliphatic hydroxyl groups excluding tert-OH is 2. The third-order valence-corrected chi connectivity index (χ3v) is 2.70. The van der Waals surface area contributed by atoms with Crippen molar-refractivity contribution in [3.05, 3.63) is 0 Å². The first-order valence-corrected chi connectivity index (χ1v) is 5.30. The molecule has 0 fully saturated rings. The van der Waals surface area contributed by atoms with E-state index in [0.29, 0.717) is 0 Å². The van der Waals surface area contributed by atoms with Gasteiger partial charge in [0.25, 0.3) is 10.1 Å². The Balaban J connectivity index is 4.26. The van der Waals surface area contributed by atoms with Gasteiger partial charge < -0.3 is 10.2 Å². The van der Waals surface area contributed by atoms with Crippen LogP contribution in [0.4, 0.5) is 0 Å². The Bertz CT molecular complexity index is 237. The van der Waals surface area contributed by atoms with E-state index in [2.05, 4.69) is 5.32 Å². The van der Waals surface area contributed by atoms with Gasteiger partial charge in [-0.25, -0.2) is 0 Å². The highest BCUT2D eigenvalue weighted by molar-refractivity contribution is 7.86. The second kappa shape index (κ2) is 4.87. The average Bonchev–Trinajstić information content (AvgIpc) is 1.96. The monoisotopic (exact) mass is 213 g/mol. The highest BCUT2D eigenvalue weighted by atomic mass is 32.2. The second-order valence-electron chi connectivity index (χ2n) is 2.85. The van der Waals surface area contributed by atoms with Crippen LogP contribution in [0.1, 0.15) is 13.8 Å². The van der Waals surface area contributed by atoms with Gasteiger partial charge in [-0.1, -0.05) is 0 Å². The molecule has 0 saturated heterocycles. The number of aliphatic hydroxyl groups is 2. The van der Waals surface area contributed by atoms with E-state index >= 15 is 0 Å². The van der Waals surface area contributed by atoms with Crippen LogP contribution < -0.4 is 5.32 Å². The van der Waals surface area contributed by atoms with E-state index in [0.717, 1.165) is 0 Å². The highest BCUT2D eigenvalue weighted by Crippen LogP contribution is 1.98. The Morgan fingerprint density at radius 1 is 1.38 bits per heavy atom. The third kappa shape index (κ3) is 4.53. The molecule has 0 amide bonds. The molecule has 13 heavy (non-hydrogen) atoms. The van der Waals surface area contributed by atoms with Gasteiger partial charge in [0.05, 0.1) is 18.8 Å². The molecule has 0 aromatic rings. The first-order chi connectivity index (χ1) is 5.79. The van der Waals surface area contributed by atoms with E-state index < -0.39 is 34.2 Å². The molecule has 0 aromatic heterocycles. The fraction of sp³-hybridized carbons (Fsp3) is 1.00. The van der Waals surface area contributed by atoms with Crippen molar-refractivity contribution >= 4 is 10.1 Å². The van der Waals surface area contributed by atoms with Gasteiger partial charge in [-0.3, -0.25) is 9.87 Å². The van der Waals surface area contributed by atoms with Crippen molar-refractivity contribution in [1.29, 1.82) is 0 Å². The van der Waals surface area contributed by atoms with Gasteiger partial charge in [0.15, 0.2) is 0 Å². The Morgan fingerprint density at radius 3 is 2.08 bits per heavy atom. The van der Waals surface area contributed by atoms with E-state index in [1.54, 1.807) is 0 Å². The molecule has 0 heterocycles. The number of hydrogen-bond acceptors (Lipinski definition) is 5. The lowest BCUT2D eigenvalue weighted by Crippen LogP contribution is -2.48. The minimum absolute atomic E-state index is 0.405. The van der Waals surface area contributed by atoms with E-state index in [-0.39, 0.29) is 0 Å². The molecule has 0 bridgehead atoms. The van der Waals surface area contributed by atoms with Gasteiger partial charge in [0.2, 0.25) is 0 Å². The predicted octanol–water partition coefficient (Wildman–Crippen LogP) is -1.45. The standard InChI is InChI=1S/C6H15NO5S/c1-4(9)6(3-8)7-5(2)13(10,11)12/h4-9H,3H2,1-2H3,(H,10,11,12). The van der Waals surface area contributed by atoms with Crippen molar-refractivity contribution in [2.45, 2.75) is 31.4 Å². The van der Waals surface area contributed by atoms with Crippen LogP contribution in [0, 0.1) is 0 Å². The van der Waals surface area contributed by atoms with Crippen molar-refractivity contribution in [2.75, 3.05) is 6.61 Å². The summed E-state index contributed by atoms with van der Waals surface area (Å²) in [6, 6.07) is -0.767. The normalized spacial score (nSPS) is 19.5. The molecule has 0 aromatic carbocycles. The maximum atomic E-state index is 10.5. The van der Waals surface area contributed by atoms with E-state index in [1.807, 2.05) is 0 Å². The Hall–Kier alpha value is -0.210. The van der Waals surface area contributed by atoms with Crippen LogP contribution in [0.2, 0.25) is 0 Å². The fourth-order valence-electron chi connectivity index (χ4n) is 0.732. The maximum absolute atomic E-state index is 10.5. The van der Waals surface area contributed by atoms with Crippen LogP contribution in [-0.4, -0.2) is 47.3 Å². The lowest BCUT2D eigenvalue weighted by molar-refractivity contribution is 0.102. The molecule has 0 aliphatic heterocycles. The molecule has 4 N–H and O–H groups in total. The van der Waals surface area contributed by atoms with E-state index in [1.165, 1.54) is 13.8 Å². The molecule has 0 aliphatic rings. The van der Waals surface area contributed by atoms with Crippen LogP contribution >= 0.6 is 0 Å². The second-order valence-corrected chi connectivity index (χ2v) is 4.59. The molecule has 0 radical (unpaired) electrons. The molecule has 0 rings (SSSR count). The third-order valence-electron chi connectivity index (χ3n) is 1.67. The summed E-state index contributed by atoms with van der Waals surface area (Å²) >= 11 is 0. The first-order valence-electron chi connectivity index (χ1n) is 3.80. The average molecular weight is 213 g/mol. The zero-order valence-electron chi connectivity index (χ0n) is 7.51. The van der Waals surface area contributed by atoms with Gasteiger partial charge >= 0.3 is 0 Å². The van der Waals surface area contributed by atoms with Crippen molar-refractivity contribution in [3.63, 3.8) is 0 Å². The molecule has 80 valence electrons. The molecule has 6 nitrogen and oxygen atoms in total. The lowest BCUT2D eigenvalue weighted by atomic mass is 10.2. The van der Waals surface area contributed by atoms with E-state index in [4.69, 9.17) is 14.8 Å². The first kappa shape index (κ1) is 12.8. The highest BCUT2D eigenvalue weighted by Gasteiger charge is 2.23. The van der Waals surface area contributed by atoms with E-state index in [9.17, 15) is 8.42 Å². The summed E-state index contributed by atoms with van der Waals surface area (Å²) in [5, 5.41) is 18.9. The molecule has 0 saturated carbocycles. The number of rotatable bonds is 5. The maximum Gasteiger partial charge on any atom is 0.280 e. The Morgan fingerprint density at radius 2 is 1.85 bits per heavy atom. The molecule has 3 atom stereocenters. The van der Waals surface area contributed by atoms with Gasteiger partial charge in [-0.15, -0.1) is 0 Å². The van der Waals surface area contributed by atoms with Crippen LogP contribution in [0.5, 0.6) is 0 Å². The molecule has 3 unspecified atom stereocenters. The summed E-state index contributed by atoms with van der Waals surface area (Å²) in [7, 11) is -4.17. The molecule has 0 aliphatic carbocycles. The van der Waals surface area contributed by atoms with Crippen LogP contribution in [0.25, 0.3) is 0 Å². The Kier molecular flexibility index (Phi) is 4.79. The minimum atomic E-state index is -4.17. The van der Waals surface area contributed by atoms with Crippen molar-refractivity contribution in [3.8, 4) is 0 Å². The van der Waals surface area contributed by atoms with Gasteiger partial charge in [0, 0.05) is 0 Å². The number of nitrogens with one attached hydrogen (secondary N) is 1. The topological polar surface area (TPSA) is 107 Å². The summed E-state index contributed by atoms with van der Waals surface area (Å²) in [5.74, 6) is 0. The zero-order chi connectivity index (χ0) is 10.6. The SMILES string of the molecule is CC(O)C(CO)NC(C)S(=O)(=O)O. The smallest absolute Gasteiger partial charge is 0.280 e. The zero-order valence-corrected chi connectivity index (χ0v) is 8.32. The summed E-state index contributed by atoms with van der Waals surface area (Å²) < 4.78 is 29.6. The number of hydrogen-bond donors (Lipinski definition) is 4. The lowest BCUT2D eigenvalue weighted by Gasteiger charge is -2.21. The summed E-state index contributed by atoms with van der Waals surface area (Å²) in [6.07, 6.45) is -0.894. The predicted molar refractivity (Wildman–Crippen MR) is 46.7 cm³/mol. The fourth-order valence-corrected chi connectivity index (χ4v) is 1.08.